The van der Waals surface area contributed by atoms with Gasteiger partial charge in [-0.2, -0.15) is 0 Å². The fourth-order valence-electron chi connectivity index (χ4n) is 4.60. The summed E-state index contributed by atoms with van der Waals surface area (Å²) < 4.78 is 43.3. The molecule has 0 spiro atoms. The number of aromatic nitrogens is 1. The van der Waals surface area contributed by atoms with Gasteiger partial charge in [-0.1, -0.05) is 30.7 Å². The third-order valence-corrected chi connectivity index (χ3v) is 6.71. The van der Waals surface area contributed by atoms with Gasteiger partial charge in [-0.25, -0.2) is 0 Å². The van der Waals surface area contributed by atoms with E-state index in [2.05, 4.69) is 15.0 Å². The van der Waals surface area contributed by atoms with Crippen LogP contribution in [0, 0.1) is 0 Å². The smallest absolute Gasteiger partial charge is 0.406 e. The Bertz CT molecular complexity index is 1300. The van der Waals surface area contributed by atoms with Gasteiger partial charge < -0.3 is 25.3 Å². The lowest BCUT2D eigenvalue weighted by atomic mass is 10.0. The van der Waals surface area contributed by atoms with E-state index in [-0.39, 0.29) is 17.9 Å². The standard InChI is InChI=1S/C27H31F3N4O3/c1-18(25(31)35)32-17-22-15-21-6-5-20(19-7-9-23(10-8-19)37-27(28,29)30)16-24(21)34(26(22)36)14-13-33-11-3-2-4-12-33/h5-10,15-16,18,32H,2-4,11-14,17H2,1H3,(H2,31,35)/t18-/m0/s1. The number of primary amides is 1. The summed E-state index contributed by atoms with van der Waals surface area (Å²) in [6.07, 6.45) is -1.25. The summed E-state index contributed by atoms with van der Waals surface area (Å²) in [7, 11) is 0. The van der Waals surface area contributed by atoms with Crippen molar-refractivity contribution in [3.8, 4) is 16.9 Å². The number of carbonyl (C=O) groups excluding carboxylic acids is 1. The third kappa shape index (κ3) is 6.90. The number of piperidine rings is 1. The molecule has 7 nitrogen and oxygen atoms in total. The van der Waals surface area contributed by atoms with Gasteiger partial charge >= 0.3 is 6.36 Å². The molecule has 3 N–H and O–H groups in total. The second-order valence-electron chi connectivity index (χ2n) is 9.38. The number of nitrogens with one attached hydrogen (secondary N) is 1. The molecular formula is C27H31F3N4O3. The van der Waals surface area contributed by atoms with Crippen molar-refractivity contribution < 1.29 is 22.7 Å². The van der Waals surface area contributed by atoms with Crippen LogP contribution in [0.5, 0.6) is 5.75 Å². The van der Waals surface area contributed by atoms with Crippen molar-refractivity contribution >= 4 is 16.8 Å². The number of rotatable bonds is 9. The third-order valence-electron chi connectivity index (χ3n) is 6.71. The van der Waals surface area contributed by atoms with E-state index in [1.54, 1.807) is 29.7 Å². The predicted molar refractivity (Wildman–Crippen MR) is 136 cm³/mol. The molecule has 0 radical (unpaired) electrons. The van der Waals surface area contributed by atoms with E-state index >= 15 is 0 Å². The van der Waals surface area contributed by atoms with Crippen LogP contribution in [0.25, 0.3) is 22.0 Å². The van der Waals surface area contributed by atoms with Crippen molar-refractivity contribution in [2.45, 2.75) is 51.7 Å². The molecule has 1 amide bonds. The Hall–Kier alpha value is -3.37. The molecule has 0 saturated carbocycles. The molecule has 2 heterocycles. The van der Waals surface area contributed by atoms with E-state index < -0.39 is 18.3 Å². The molecule has 1 saturated heterocycles. The Morgan fingerprint density at radius 3 is 2.35 bits per heavy atom. The average Bonchev–Trinajstić information content (AvgIpc) is 2.86. The Morgan fingerprint density at radius 1 is 1.03 bits per heavy atom. The van der Waals surface area contributed by atoms with Crippen LogP contribution in [-0.4, -0.2) is 47.4 Å². The van der Waals surface area contributed by atoms with Crippen LogP contribution in [0.3, 0.4) is 0 Å². The number of likely N-dealkylation sites (tertiary alicyclic amines) is 1. The topological polar surface area (TPSA) is 89.6 Å². The molecule has 198 valence electrons. The zero-order chi connectivity index (χ0) is 26.6. The van der Waals surface area contributed by atoms with Crippen molar-refractivity contribution in [3.05, 3.63) is 64.4 Å². The highest BCUT2D eigenvalue weighted by Crippen LogP contribution is 2.28. The summed E-state index contributed by atoms with van der Waals surface area (Å²) in [5, 5.41) is 3.85. The number of alkyl halides is 3. The number of pyridine rings is 1. The van der Waals surface area contributed by atoms with Gasteiger partial charge in [0.2, 0.25) is 5.91 Å². The Kier molecular flexibility index (Phi) is 8.19. The van der Waals surface area contributed by atoms with Gasteiger partial charge in [-0.15, -0.1) is 13.2 Å². The number of hydrogen-bond donors (Lipinski definition) is 2. The minimum atomic E-state index is -4.75. The van der Waals surface area contributed by atoms with Crippen LogP contribution in [0.2, 0.25) is 0 Å². The van der Waals surface area contributed by atoms with Crippen LogP contribution < -0.4 is 21.3 Å². The van der Waals surface area contributed by atoms with Gasteiger partial charge in [0.1, 0.15) is 5.75 Å². The Labute approximate surface area is 213 Å². The number of halogens is 3. The number of carbonyl (C=O) groups is 1. The zero-order valence-electron chi connectivity index (χ0n) is 20.7. The highest BCUT2D eigenvalue weighted by Gasteiger charge is 2.31. The SMILES string of the molecule is C[C@H](NCc1cc2ccc(-c3ccc(OC(F)(F)F)cc3)cc2n(CCN2CCCCC2)c1=O)C(N)=O. The molecule has 0 aliphatic carbocycles. The molecule has 1 aliphatic heterocycles. The maximum Gasteiger partial charge on any atom is 0.573 e. The van der Waals surface area contributed by atoms with E-state index in [4.69, 9.17) is 5.73 Å². The lowest BCUT2D eigenvalue weighted by molar-refractivity contribution is -0.274. The number of amides is 1. The summed E-state index contributed by atoms with van der Waals surface area (Å²) in [6.45, 7) is 5.08. The van der Waals surface area contributed by atoms with Crippen LogP contribution >= 0.6 is 0 Å². The molecule has 0 bridgehead atoms. The van der Waals surface area contributed by atoms with Crippen LogP contribution in [0.15, 0.2) is 53.3 Å². The van der Waals surface area contributed by atoms with Crippen LogP contribution in [0.4, 0.5) is 13.2 Å². The van der Waals surface area contributed by atoms with Crippen molar-refractivity contribution in [2.24, 2.45) is 5.73 Å². The first kappa shape index (κ1) is 26.7. The number of hydrogen-bond acceptors (Lipinski definition) is 5. The number of benzene rings is 2. The largest absolute Gasteiger partial charge is 0.573 e. The molecule has 4 rings (SSSR count). The quantitative estimate of drug-likeness (QED) is 0.449. The first-order valence-electron chi connectivity index (χ1n) is 12.4. The summed E-state index contributed by atoms with van der Waals surface area (Å²) in [5.41, 5.74) is 7.93. The first-order valence-corrected chi connectivity index (χ1v) is 12.4. The van der Waals surface area contributed by atoms with E-state index in [9.17, 15) is 22.8 Å². The van der Waals surface area contributed by atoms with Gasteiger partial charge in [-0.3, -0.25) is 9.59 Å². The predicted octanol–water partition coefficient (Wildman–Crippen LogP) is 4.02. The molecule has 37 heavy (non-hydrogen) atoms. The van der Waals surface area contributed by atoms with E-state index in [0.29, 0.717) is 17.7 Å². The van der Waals surface area contributed by atoms with Gasteiger partial charge in [-0.05, 0) is 73.6 Å². The zero-order valence-corrected chi connectivity index (χ0v) is 20.7. The second-order valence-corrected chi connectivity index (χ2v) is 9.38. The van der Waals surface area contributed by atoms with Crippen molar-refractivity contribution in [1.82, 2.24) is 14.8 Å². The molecule has 1 aromatic heterocycles. The summed E-state index contributed by atoms with van der Waals surface area (Å²) in [4.78, 5) is 27.3. The normalized spacial score (nSPS) is 15.6. The monoisotopic (exact) mass is 516 g/mol. The van der Waals surface area contributed by atoms with E-state index in [0.717, 1.165) is 48.9 Å². The maximum absolute atomic E-state index is 13.5. The minimum absolute atomic E-state index is 0.153. The average molecular weight is 517 g/mol. The maximum atomic E-state index is 13.5. The summed E-state index contributed by atoms with van der Waals surface area (Å²) in [6, 6.07) is 12.5. The van der Waals surface area contributed by atoms with E-state index in [1.165, 1.54) is 18.6 Å². The van der Waals surface area contributed by atoms with Crippen LogP contribution in [0.1, 0.15) is 31.7 Å². The van der Waals surface area contributed by atoms with Crippen LogP contribution in [-0.2, 0) is 17.9 Å². The Morgan fingerprint density at radius 2 is 1.70 bits per heavy atom. The Balaban J connectivity index is 1.68. The summed E-state index contributed by atoms with van der Waals surface area (Å²) >= 11 is 0. The molecule has 0 unspecified atom stereocenters. The van der Waals surface area contributed by atoms with E-state index in [1.807, 2.05) is 18.2 Å². The highest BCUT2D eigenvalue weighted by molar-refractivity contribution is 5.85. The van der Waals surface area contributed by atoms with Gasteiger partial charge in [0.05, 0.1) is 11.6 Å². The highest BCUT2D eigenvalue weighted by atomic mass is 19.4. The molecule has 1 atom stereocenters. The number of ether oxygens (including phenoxy) is 1. The van der Waals surface area contributed by atoms with Gasteiger partial charge in [0.15, 0.2) is 0 Å². The van der Waals surface area contributed by atoms with Gasteiger partial charge in [0.25, 0.3) is 5.56 Å². The fraction of sp³-hybridized carbons (Fsp3) is 0.407. The number of fused-ring (bicyclic) bond motifs is 1. The number of nitrogens with zero attached hydrogens (tertiary/aromatic N) is 2. The van der Waals surface area contributed by atoms with Crippen molar-refractivity contribution in [1.29, 1.82) is 0 Å². The molecule has 3 aromatic rings. The lowest BCUT2D eigenvalue weighted by Crippen LogP contribution is -2.40. The first-order chi connectivity index (χ1) is 17.6. The molecule has 1 aliphatic rings. The molecule has 2 aromatic carbocycles. The molecular weight excluding hydrogens is 485 g/mol. The molecule has 1 fully saturated rings. The minimum Gasteiger partial charge on any atom is -0.406 e. The number of nitrogens with two attached hydrogens (primary N) is 1. The fourth-order valence-corrected chi connectivity index (χ4v) is 4.60. The van der Waals surface area contributed by atoms with Gasteiger partial charge in [0, 0.05) is 25.2 Å². The second kappa shape index (κ2) is 11.4. The van der Waals surface area contributed by atoms with Crippen molar-refractivity contribution in [2.75, 3.05) is 19.6 Å². The van der Waals surface area contributed by atoms with Crippen molar-refractivity contribution in [3.63, 3.8) is 0 Å². The molecule has 10 heteroatoms. The summed E-state index contributed by atoms with van der Waals surface area (Å²) in [5.74, 6) is -0.791. The lowest BCUT2D eigenvalue weighted by Gasteiger charge is -2.27.